The fraction of sp³-hybridized carbons (Fsp3) is 0.462. The Morgan fingerprint density at radius 1 is 1.17 bits per heavy atom. The first-order valence-corrected chi connectivity index (χ1v) is 11.4. The standard InChI is InChI=1S/C26H32N2OS/c1-25(2,3)18-10-7-17(8-11-18)9-14-23(29)28-24-21(16-27)20-13-12-19(26(4,5)6)15-22(20)30-24/h7-11,14,19H,12-13,15H2,1-6H3,(H,28,29)/b14-9-/t19-/m1/s1. The van der Waals surface area contributed by atoms with Gasteiger partial charge < -0.3 is 5.32 Å². The Hall–Kier alpha value is -2.38. The van der Waals surface area contributed by atoms with Gasteiger partial charge in [-0.1, -0.05) is 65.8 Å². The van der Waals surface area contributed by atoms with Gasteiger partial charge in [-0.15, -0.1) is 11.3 Å². The van der Waals surface area contributed by atoms with Gasteiger partial charge in [0.1, 0.15) is 11.1 Å². The summed E-state index contributed by atoms with van der Waals surface area (Å²) >= 11 is 1.57. The van der Waals surface area contributed by atoms with Crippen molar-refractivity contribution in [1.82, 2.24) is 0 Å². The topological polar surface area (TPSA) is 52.9 Å². The molecule has 0 radical (unpaired) electrons. The van der Waals surface area contributed by atoms with E-state index in [1.54, 1.807) is 17.4 Å². The molecule has 1 aromatic carbocycles. The van der Waals surface area contributed by atoms with Crippen molar-refractivity contribution in [3.05, 3.63) is 57.5 Å². The number of nitriles is 1. The predicted octanol–water partition coefficient (Wildman–Crippen LogP) is 6.72. The molecule has 1 aromatic heterocycles. The quantitative estimate of drug-likeness (QED) is 0.560. The SMILES string of the molecule is CC(C)(C)c1ccc(/C=C\C(=O)Nc2sc3c(c2C#N)CC[C@@H](C(C)(C)C)C3)cc1. The second-order valence-electron chi connectivity index (χ2n) is 10.3. The molecule has 3 rings (SSSR count). The van der Waals surface area contributed by atoms with Crippen molar-refractivity contribution in [3.8, 4) is 6.07 Å². The molecule has 1 atom stereocenters. The van der Waals surface area contributed by atoms with Gasteiger partial charge in [0.15, 0.2) is 0 Å². The summed E-state index contributed by atoms with van der Waals surface area (Å²) in [6.45, 7) is 13.4. The van der Waals surface area contributed by atoms with Crippen molar-refractivity contribution in [3.63, 3.8) is 0 Å². The molecule has 3 nitrogen and oxygen atoms in total. The molecule has 0 unspecified atom stereocenters. The lowest BCUT2D eigenvalue weighted by atomic mass is 9.72. The van der Waals surface area contributed by atoms with E-state index in [9.17, 15) is 10.1 Å². The van der Waals surface area contributed by atoms with Gasteiger partial charge in [-0.05, 0) is 58.8 Å². The smallest absolute Gasteiger partial charge is 0.249 e. The number of nitrogens with zero attached hydrogens (tertiary/aromatic N) is 1. The van der Waals surface area contributed by atoms with Gasteiger partial charge in [0.05, 0.1) is 5.56 Å². The molecule has 1 heterocycles. The van der Waals surface area contributed by atoms with E-state index in [1.165, 1.54) is 10.4 Å². The van der Waals surface area contributed by atoms with Crippen LogP contribution < -0.4 is 5.32 Å². The molecule has 1 amide bonds. The molecule has 0 fully saturated rings. The third-order valence-corrected chi connectivity index (χ3v) is 7.21. The van der Waals surface area contributed by atoms with Crippen LogP contribution in [0.5, 0.6) is 0 Å². The van der Waals surface area contributed by atoms with Gasteiger partial charge in [-0.3, -0.25) is 4.79 Å². The Balaban J connectivity index is 1.72. The molecular formula is C26H32N2OS. The zero-order chi connectivity index (χ0) is 22.1. The molecule has 0 saturated carbocycles. The van der Waals surface area contributed by atoms with Crippen molar-refractivity contribution in [1.29, 1.82) is 5.26 Å². The van der Waals surface area contributed by atoms with Crippen molar-refractivity contribution in [2.75, 3.05) is 5.32 Å². The third-order valence-electron chi connectivity index (χ3n) is 6.04. The minimum Gasteiger partial charge on any atom is -0.313 e. The molecule has 0 aliphatic heterocycles. The predicted molar refractivity (Wildman–Crippen MR) is 127 cm³/mol. The maximum atomic E-state index is 12.5. The number of carbonyl (C=O) groups is 1. The van der Waals surface area contributed by atoms with Gasteiger partial charge in [0.2, 0.25) is 5.91 Å². The van der Waals surface area contributed by atoms with E-state index in [-0.39, 0.29) is 16.7 Å². The van der Waals surface area contributed by atoms with E-state index < -0.39 is 0 Å². The van der Waals surface area contributed by atoms with Crippen LogP contribution >= 0.6 is 11.3 Å². The number of rotatable bonds is 3. The third kappa shape index (κ3) is 5.02. The van der Waals surface area contributed by atoms with E-state index >= 15 is 0 Å². The summed E-state index contributed by atoms with van der Waals surface area (Å²) in [6.07, 6.45) is 6.37. The van der Waals surface area contributed by atoms with Gasteiger partial charge >= 0.3 is 0 Å². The second kappa shape index (κ2) is 8.40. The van der Waals surface area contributed by atoms with Crippen molar-refractivity contribution >= 4 is 28.3 Å². The lowest BCUT2D eigenvalue weighted by molar-refractivity contribution is -0.111. The fourth-order valence-corrected chi connectivity index (χ4v) is 5.23. The summed E-state index contributed by atoms with van der Waals surface area (Å²) in [6, 6.07) is 10.6. The van der Waals surface area contributed by atoms with Crippen LogP contribution in [-0.4, -0.2) is 5.91 Å². The number of fused-ring (bicyclic) bond motifs is 1. The number of hydrogen-bond donors (Lipinski definition) is 1. The summed E-state index contributed by atoms with van der Waals surface area (Å²) in [5.41, 5.74) is 4.40. The minimum atomic E-state index is -0.197. The number of anilines is 1. The summed E-state index contributed by atoms with van der Waals surface area (Å²) in [5.74, 6) is 0.409. The molecular weight excluding hydrogens is 388 g/mol. The summed E-state index contributed by atoms with van der Waals surface area (Å²) in [7, 11) is 0. The number of thiophene rings is 1. The second-order valence-corrected chi connectivity index (χ2v) is 11.4. The number of hydrogen-bond acceptors (Lipinski definition) is 3. The maximum absolute atomic E-state index is 12.5. The monoisotopic (exact) mass is 420 g/mol. The van der Waals surface area contributed by atoms with Gasteiger partial charge in [-0.2, -0.15) is 5.26 Å². The first kappa shape index (κ1) is 22.3. The normalized spacial score (nSPS) is 16.9. The molecule has 158 valence electrons. The van der Waals surface area contributed by atoms with Crippen LogP contribution in [0.3, 0.4) is 0 Å². The first-order valence-electron chi connectivity index (χ1n) is 10.6. The van der Waals surface area contributed by atoms with Crippen LogP contribution in [0.25, 0.3) is 6.08 Å². The molecule has 1 N–H and O–H groups in total. The fourth-order valence-electron chi connectivity index (χ4n) is 3.95. The van der Waals surface area contributed by atoms with Crippen LogP contribution in [-0.2, 0) is 23.1 Å². The lowest BCUT2D eigenvalue weighted by Gasteiger charge is -2.33. The number of nitrogens with one attached hydrogen (secondary N) is 1. The Labute approximate surface area is 184 Å². The van der Waals surface area contributed by atoms with Crippen molar-refractivity contribution in [2.24, 2.45) is 11.3 Å². The molecule has 0 bridgehead atoms. The molecule has 0 spiro atoms. The van der Waals surface area contributed by atoms with Crippen LogP contribution in [0, 0.1) is 22.7 Å². The molecule has 4 heteroatoms. The van der Waals surface area contributed by atoms with Gasteiger partial charge in [0, 0.05) is 11.0 Å². The molecule has 0 saturated heterocycles. The number of benzene rings is 1. The van der Waals surface area contributed by atoms with Crippen molar-refractivity contribution in [2.45, 2.75) is 66.2 Å². The summed E-state index contributed by atoms with van der Waals surface area (Å²) in [4.78, 5) is 13.8. The number of carbonyl (C=O) groups excluding carboxylic acids is 1. The molecule has 1 aliphatic carbocycles. The average Bonchev–Trinajstić information content (AvgIpc) is 3.01. The Kier molecular flexibility index (Phi) is 6.24. The molecule has 1 aliphatic rings. The summed E-state index contributed by atoms with van der Waals surface area (Å²) < 4.78 is 0. The largest absolute Gasteiger partial charge is 0.313 e. The van der Waals surface area contributed by atoms with Gasteiger partial charge in [0.25, 0.3) is 0 Å². The van der Waals surface area contributed by atoms with E-state index in [2.05, 4.69) is 65.1 Å². The summed E-state index contributed by atoms with van der Waals surface area (Å²) in [5, 5.41) is 13.3. The zero-order valence-electron chi connectivity index (χ0n) is 18.9. The van der Waals surface area contributed by atoms with Crippen LogP contribution in [0.2, 0.25) is 0 Å². The van der Waals surface area contributed by atoms with Crippen LogP contribution in [0.1, 0.15) is 75.1 Å². The van der Waals surface area contributed by atoms with E-state index in [4.69, 9.17) is 0 Å². The highest BCUT2D eigenvalue weighted by Crippen LogP contribution is 2.44. The highest BCUT2D eigenvalue weighted by atomic mass is 32.1. The molecule has 30 heavy (non-hydrogen) atoms. The van der Waals surface area contributed by atoms with E-state index in [0.29, 0.717) is 16.5 Å². The average molecular weight is 421 g/mol. The van der Waals surface area contributed by atoms with Crippen LogP contribution in [0.4, 0.5) is 5.00 Å². The first-order chi connectivity index (χ1) is 14.0. The Morgan fingerprint density at radius 3 is 2.40 bits per heavy atom. The highest BCUT2D eigenvalue weighted by Gasteiger charge is 2.32. The number of amides is 1. The lowest BCUT2D eigenvalue weighted by Crippen LogP contribution is -2.26. The minimum absolute atomic E-state index is 0.109. The van der Waals surface area contributed by atoms with Gasteiger partial charge in [-0.25, -0.2) is 0 Å². The Bertz CT molecular complexity index is 992. The zero-order valence-corrected chi connectivity index (χ0v) is 19.7. The maximum Gasteiger partial charge on any atom is 0.249 e. The Morgan fingerprint density at radius 2 is 1.83 bits per heavy atom. The van der Waals surface area contributed by atoms with Crippen molar-refractivity contribution < 1.29 is 4.79 Å². The highest BCUT2D eigenvalue weighted by molar-refractivity contribution is 7.16. The van der Waals surface area contributed by atoms with E-state index in [0.717, 1.165) is 30.4 Å². The molecule has 2 aromatic rings. The van der Waals surface area contributed by atoms with Crippen LogP contribution in [0.15, 0.2) is 30.3 Å². The van der Waals surface area contributed by atoms with E-state index in [1.807, 2.05) is 18.2 Å².